The van der Waals surface area contributed by atoms with Gasteiger partial charge in [-0.3, -0.25) is 4.79 Å². The van der Waals surface area contributed by atoms with E-state index in [2.05, 4.69) is 17.9 Å². The third-order valence-corrected chi connectivity index (χ3v) is 1.58. The topological polar surface area (TPSA) is 81.4 Å². The Morgan fingerprint density at radius 3 is 2.29 bits per heavy atom. The molecule has 0 aliphatic carbocycles. The van der Waals surface area contributed by atoms with Crippen LogP contribution in [0.4, 0.5) is 4.79 Å². The molecule has 0 aromatic rings. The number of hydrogen-bond donors (Lipinski definition) is 3. The summed E-state index contributed by atoms with van der Waals surface area (Å²) in [5.74, 6) is -0.486. The Morgan fingerprint density at radius 2 is 2.00 bits per heavy atom. The zero-order valence-corrected chi connectivity index (χ0v) is 9.43. The molecule has 0 fully saturated rings. The predicted octanol–water partition coefficient (Wildman–Crippen LogP) is 0.295. The maximum absolute atomic E-state index is 11.2. The fourth-order valence-corrected chi connectivity index (χ4v) is 0.928. The van der Waals surface area contributed by atoms with Crippen molar-refractivity contribution in [1.82, 2.24) is 5.32 Å². The van der Waals surface area contributed by atoms with Gasteiger partial charge < -0.3 is 15.8 Å². The second-order valence-corrected chi connectivity index (χ2v) is 4.15. The highest BCUT2D eigenvalue weighted by Crippen LogP contribution is 2.06. The van der Waals surface area contributed by atoms with Gasteiger partial charge in [0, 0.05) is 5.75 Å². The van der Waals surface area contributed by atoms with Gasteiger partial charge in [-0.05, 0) is 20.8 Å². The van der Waals surface area contributed by atoms with Gasteiger partial charge in [-0.25, -0.2) is 4.79 Å². The van der Waals surface area contributed by atoms with Gasteiger partial charge >= 0.3 is 6.09 Å². The van der Waals surface area contributed by atoms with Crippen molar-refractivity contribution in [1.29, 1.82) is 0 Å². The maximum Gasteiger partial charge on any atom is 0.408 e. The molecule has 5 nitrogen and oxygen atoms in total. The number of thiol groups is 1. The Balaban J connectivity index is 4.11. The van der Waals surface area contributed by atoms with Gasteiger partial charge in [-0.2, -0.15) is 12.6 Å². The van der Waals surface area contributed by atoms with Gasteiger partial charge in [0.15, 0.2) is 0 Å². The van der Waals surface area contributed by atoms with E-state index in [-0.39, 0.29) is 5.75 Å². The van der Waals surface area contributed by atoms with Crippen molar-refractivity contribution in [2.24, 2.45) is 5.73 Å². The Kier molecular flexibility index (Phi) is 4.76. The number of hydrogen-bond acceptors (Lipinski definition) is 4. The van der Waals surface area contributed by atoms with Crippen LogP contribution in [-0.4, -0.2) is 29.4 Å². The molecule has 0 aliphatic rings. The van der Waals surface area contributed by atoms with Crippen molar-refractivity contribution in [3.05, 3.63) is 0 Å². The van der Waals surface area contributed by atoms with Crippen LogP contribution >= 0.6 is 12.6 Å². The quantitative estimate of drug-likeness (QED) is 0.598. The van der Waals surface area contributed by atoms with E-state index < -0.39 is 23.6 Å². The standard InChI is InChI=1S/C8H16N2O3S/c1-8(2,3)13-7(12)10-5(4-14)6(9)11/h5,14H,4H2,1-3H3,(H2,9,11)(H,10,12)/t5-/m0/s1. The number of nitrogens with two attached hydrogens (primary N) is 1. The molecule has 0 saturated heterocycles. The summed E-state index contributed by atoms with van der Waals surface area (Å²) in [6, 6.07) is -0.798. The SMILES string of the molecule is CC(C)(C)OC(=O)N[C@@H](CS)C(N)=O. The van der Waals surface area contributed by atoms with Crippen molar-refractivity contribution in [2.75, 3.05) is 5.75 Å². The molecule has 0 radical (unpaired) electrons. The lowest BCUT2D eigenvalue weighted by molar-refractivity contribution is -0.119. The first-order valence-electron chi connectivity index (χ1n) is 4.16. The molecular weight excluding hydrogens is 204 g/mol. The zero-order chi connectivity index (χ0) is 11.4. The largest absolute Gasteiger partial charge is 0.444 e. The Labute approximate surface area is 88.8 Å². The average Bonchev–Trinajstić information content (AvgIpc) is 1.96. The molecule has 0 aromatic carbocycles. The zero-order valence-electron chi connectivity index (χ0n) is 8.53. The highest BCUT2D eigenvalue weighted by molar-refractivity contribution is 7.80. The minimum absolute atomic E-state index is 0.147. The van der Waals surface area contributed by atoms with Crippen LogP contribution in [0.3, 0.4) is 0 Å². The van der Waals surface area contributed by atoms with Crippen LogP contribution in [0, 0.1) is 0 Å². The molecule has 3 N–H and O–H groups in total. The van der Waals surface area contributed by atoms with Crippen LogP contribution in [-0.2, 0) is 9.53 Å². The Morgan fingerprint density at radius 1 is 1.50 bits per heavy atom. The van der Waals surface area contributed by atoms with Crippen molar-refractivity contribution >= 4 is 24.6 Å². The lowest BCUT2D eigenvalue weighted by atomic mass is 10.2. The molecule has 14 heavy (non-hydrogen) atoms. The summed E-state index contributed by atoms with van der Waals surface area (Å²) >= 11 is 3.87. The summed E-state index contributed by atoms with van der Waals surface area (Å²) in [5, 5.41) is 2.31. The number of alkyl carbamates (subject to hydrolysis) is 1. The summed E-state index contributed by atoms with van der Waals surface area (Å²) in [6.45, 7) is 5.19. The second-order valence-electron chi connectivity index (χ2n) is 3.78. The lowest BCUT2D eigenvalue weighted by Gasteiger charge is -2.21. The van der Waals surface area contributed by atoms with Gasteiger partial charge in [0.05, 0.1) is 0 Å². The molecule has 0 saturated carbocycles. The van der Waals surface area contributed by atoms with E-state index in [4.69, 9.17) is 10.5 Å². The van der Waals surface area contributed by atoms with Gasteiger partial charge in [0.25, 0.3) is 0 Å². The minimum atomic E-state index is -0.798. The summed E-state index contributed by atoms with van der Waals surface area (Å²) in [7, 11) is 0. The van der Waals surface area contributed by atoms with Crippen molar-refractivity contribution in [3.8, 4) is 0 Å². The van der Waals surface area contributed by atoms with Crippen LogP contribution in [0.1, 0.15) is 20.8 Å². The third kappa shape index (κ3) is 5.69. The third-order valence-electron chi connectivity index (χ3n) is 1.22. The van der Waals surface area contributed by atoms with Crippen LogP contribution in [0.2, 0.25) is 0 Å². The van der Waals surface area contributed by atoms with Gasteiger partial charge in [-0.15, -0.1) is 0 Å². The summed E-state index contributed by atoms with van der Waals surface area (Å²) in [4.78, 5) is 21.9. The predicted molar refractivity (Wildman–Crippen MR) is 56.2 cm³/mol. The van der Waals surface area contributed by atoms with E-state index in [9.17, 15) is 9.59 Å². The van der Waals surface area contributed by atoms with E-state index in [1.807, 2.05) is 0 Å². The fourth-order valence-electron chi connectivity index (χ4n) is 0.657. The average molecular weight is 220 g/mol. The van der Waals surface area contributed by atoms with E-state index in [0.29, 0.717) is 0 Å². The smallest absolute Gasteiger partial charge is 0.408 e. The lowest BCUT2D eigenvalue weighted by Crippen LogP contribution is -2.47. The maximum atomic E-state index is 11.2. The number of nitrogens with one attached hydrogen (secondary N) is 1. The highest BCUT2D eigenvalue weighted by atomic mass is 32.1. The molecule has 2 amide bonds. The van der Waals surface area contributed by atoms with Crippen LogP contribution in [0.15, 0.2) is 0 Å². The van der Waals surface area contributed by atoms with Gasteiger partial charge in [0.1, 0.15) is 11.6 Å². The summed E-state index contributed by atoms with van der Waals surface area (Å²) < 4.78 is 4.93. The molecule has 0 rings (SSSR count). The first kappa shape index (κ1) is 13.1. The van der Waals surface area contributed by atoms with Crippen molar-refractivity contribution in [3.63, 3.8) is 0 Å². The second kappa shape index (κ2) is 5.09. The number of carbonyl (C=O) groups excluding carboxylic acids is 2. The molecule has 82 valence electrons. The van der Waals surface area contributed by atoms with E-state index in [0.717, 1.165) is 0 Å². The minimum Gasteiger partial charge on any atom is -0.444 e. The first-order chi connectivity index (χ1) is 6.26. The van der Waals surface area contributed by atoms with Crippen LogP contribution in [0.5, 0.6) is 0 Å². The van der Waals surface area contributed by atoms with Gasteiger partial charge in [-0.1, -0.05) is 0 Å². The van der Waals surface area contributed by atoms with Crippen LogP contribution < -0.4 is 11.1 Å². The molecule has 1 atom stereocenters. The fraction of sp³-hybridized carbons (Fsp3) is 0.750. The van der Waals surface area contributed by atoms with E-state index in [1.54, 1.807) is 20.8 Å². The number of carbonyl (C=O) groups is 2. The highest BCUT2D eigenvalue weighted by Gasteiger charge is 2.21. The first-order valence-corrected chi connectivity index (χ1v) is 4.79. The summed E-state index contributed by atoms with van der Waals surface area (Å²) in [5.41, 5.74) is 4.41. The molecule has 0 unspecified atom stereocenters. The number of ether oxygens (including phenoxy) is 1. The molecular formula is C8H16N2O3S. The number of amides is 2. The normalized spacial score (nSPS) is 13.1. The van der Waals surface area contributed by atoms with E-state index in [1.165, 1.54) is 0 Å². The molecule has 0 spiro atoms. The summed E-state index contributed by atoms with van der Waals surface area (Å²) in [6.07, 6.45) is -0.671. The molecule has 6 heteroatoms. The van der Waals surface area contributed by atoms with Crippen molar-refractivity contribution < 1.29 is 14.3 Å². The molecule has 0 aliphatic heterocycles. The molecule has 0 heterocycles. The van der Waals surface area contributed by atoms with Crippen molar-refractivity contribution in [2.45, 2.75) is 32.4 Å². The number of primary amides is 1. The molecule has 0 bridgehead atoms. The van der Waals surface area contributed by atoms with Crippen LogP contribution in [0.25, 0.3) is 0 Å². The Hall–Kier alpha value is -0.910. The number of rotatable bonds is 3. The van der Waals surface area contributed by atoms with E-state index >= 15 is 0 Å². The van der Waals surface area contributed by atoms with Gasteiger partial charge in [0.2, 0.25) is 5.91 Å². The molecule has 0 aromatic heterocycles. The Bertz CT molecular complexity index is 225. The monoisotopic (exact) mass is 220 g/mol.